The van der Waals surface area contributed by atoms with Crippen molar-refractivity contribution in [3.05, 3.63) is 0 Å². The number of hydrogen-bond donors (Lipinski definition) is 5. The fourth-order valence-corrected chi connectivity index (χ4v) is 1.52. The van der Waals surface area contributed by atoms with Crippen molar-refractivity contribution in [1.29, 1.82) is 0 Å². The quantitative estimate of drug-likeness (QED) is 0.397. The molecule has 1 aliphatic heterocycles. The Kier molecular flexibility index (Phi) is 4.14. The molecular formula is C8H11F3N2O5. The lowest BCUT2D eigenvalue weighted by Crippen LogP contribution is -2.66. The predicted octanol–water partition coefficient (Wildman–Crippen LogP) is -1.98. The number of piperidine rings is 1. The summed E-state index contributed by atoms with van der Waals surface area (Å²) in [6.07, 6.45) is -10.3. The van der Waals surface area contributed by atoms with Gasteiger partial charge in [-0.1, -0.05) is 0 Å². The number of hydrogen-bond acceptors (Lipinski definition) is 5. The van der Waals surface area contributed by atoms with Crippen LogP contribution in [0.3, 0.4) is 0 Å². The fraction of sp³-hybridized carbons (Fsp3) is 0.750. The molecule has 4 atom stereocenters. The van der Waals surface area contributed by atoms with E-state index in [2.05, 4.69) is 5.32 Å². The van der Waals surface area contributed by atoms with Crippen molar-refractivity contribution in [2.24, 2.45) is 5.92 Å². The van der Waals surface area contributed by atoms with Crippen molar-refractivity contribution >= 4 is 11.9 Å². The van der Waals surface area contributed by atoms with Gasteiger partial charge in [-0.25, -0.2) is 0 Å². The average Bonchev–Trinajstić information content (AvgIpc) is 2.22. The minimum Gasteiger partial charge on any atom is -0.481 e. The van der Waals surface area contributed by atoms with Gasteiger partial charge in [0.15, 0.2) is 0 Å². The summed E-state index contributed by atoms with van der Waals surface area (Å²) in [4.78, 5) is 21.2. The van der Waals surface area contributed by atoms with Gasteiger partial charge in [0.2, 0.25) is 0 Å². The van der Waals surface area contributed by atoms with E-state index in [1.54, 1.807) is 0 Å². The van der Waals surface area contributed by atoms with E-state index >= 15 is 0 Å². The summed E-state index contributed by atoms with van der Waals surface area (Å²) in [6.45, 7) is -0.379. The second-order valence-corrected chi connectivity index (χ2v) is 3.78. The Labute approximate surface area is 98.6 Å². The number of carboxylic acids is 1. The maximum atomic E-state index is 12.0. The van der Waals surface area contributed by atoms with E-state index in [0.29, 0.717) is 0 Å². The number of aliphatic hydroxyl groups excluding tert-OH is 2. The third kappa shape index (κ3) is 3.09. The molecular weight excluding hydrogens is 261 g/mol. The minimum atomic E-state index is -5.13. The molecule has 18 heavy (non-hydrogen) atoms. The largest absolute Gasteiger partial charge is 0.481 e. The maximum Gasteiger partial charge on any atom is 0.471 e. The zero-order valence-electron chi connectivity index (χ0n) is 8.81. The van der Waals surface area contributed by atoms with Crippen molar-refractivity contribution in [2.75, 3.05) is 6.54 Å². The standard InChI is InChI=1S/C8H11F3N2O5/c9-8(10,11)7(18)13-5-4(15)3(14)2(1-12-5)6(16)17/h2-5,12,14-15H,1H2,(H,13,18)(H,16,17)/t2-,3-,4-,5+/m0/s1. The smallest absolute Gasteiger partial charge is 0.471 e. The van der Waals surface area contributed by atoms with Crippen LogP contribution in [-0.2, 0) is 9.59 Å². The van der Waals surface area contributed by atoms with Gasteiger partial charge in [-0.2, -0.15) is 13.2 Å². The van der Waals surface area contributed by atoms with Crippen LogP contribution in [0.4, 0.5) is 13.2 Å². The van der Waals surface area contributed by atoms with Crippen LogP contribution in [0.5, 0.6) is 0 Å². The van der Waals surface area contributed by atoms with E-state index in [4.69, 9.17) is 5.11 Å². The lowest BCUT2D eigenvalue weighted by atomic mass is 9.92. The van der Waals surface area contributed by atoms with Crippen LogP contribution >= 0.6 is 0 Å². The van der Waals surface area contributed by atoms with Crippen LogP contribution in [0.15, 0.2) is 0 Å². The minimum absolute atomic E-state index is 0.379. The Balaban J connectivity index is 2.67. The van der Waals surface area contributed by atoms with Crippen molar-refractivity contribution in [2.45, 2.75) is 24.6 Å². The van der Waals surface area contributed by atoms with Gasteiger partial charge in [0, 0.05) is 6.54 Å². The molecule has 0 radical (unpaired) electrons. The molecule has 1 aliphatic rings. The molecule has 10 heteroatoms. The molecule has 104 valence electrons. The number of rotatable bonds is 2. The van der Waals surface area contributed by atoms with E-state index in [1.165, 1.54) is 5.32 Å². The lowest BCUT2D eigenvalue weighted by Gasteiger charge is -2.36. The monoisotopic (exact) mass is 272 g/mol. The molecule has 0 unspecified atom stereocenters. The molecule has 0 aromatic heterocycles. The molecule has 0 spiro atoms. The topological polar surface area (TPSA) is 119 Å². The zero-order chi connectivity index (χ0) is 14.1. The highest BCUT2D eigenvalue weighted by molar-refractivity contribution is 5.82. The number of halogens is 3. The van der Waals surface area contributed by atoms with Crippen LogP contribution < -0.4 is 10.6 Å². The Bertz CT molecular complexity index is 348. The predicted molar refractivity (Wildman–Crippen MR) is 49.1 cm³/mol. The summed E-state index contributed by atoms with van der Waals surface area (Å²) < 4.78 is 35.9. The molecule has 1 amide bonds. The van der Waals surface area contributed by atoms with Crippen LogP contribution in [0.25, 0.3) is 0 Å². The number of carboxylic acid groups (broad SMARTS) is 1. The number of alkyl halides is 3. The first kappa shape index (κ1) is 14.7. The fourth-order valence-electron chi connectivity index (χ4n) is 1.52. The van der Waals surface area contributed by atoms with Gasteiger partial charge >= 0.3 is 18.1 Å². The number of carbonyl (C=O) groups excluding carboxylic acids is 1. The first-order valence-electron chi connectivity index (χ1n) is 4.84. The second kappa shape index (κ2) is 5.08. The Hall–Kier alpha value is -1.39. The van der Waals surface area contributed by atoms with Crippen molar-refractivity contribution in [3.63, 3.8) is 0 Å². The first-order valence-corrected chi connectivity index (χ1v) is 4.84. The highest BCUT2D eigenvalue weighted by Gasteiger charge is 2.45. The Morgan fingerprint density at radius 2 is 1.78 bits per heavy atom. The highest BCUT2D eigenvalue weighted by Crippen LogP contribution is 2.18. The summed E-state index contributed by atoms with van der Waals surface area (Å²) in [7, 11) is 0. The van der Waals surface area contributed by atoms with Crippen LogP contribution in [0.2, 0.25) is 0 Å². The van der Waals surface area contributed by atoms with E-state index in [1.807, 2.05) is 0 Å². The van der Waals surface area contributed by atoms with Gasteiger partial charge in [-0.15, -0.1) is 0 Å². The van der Waals surface area contributed by atoms with Crippen LogP contribution in [0, 0.1) is 5.92 Å². The molecule has 0 aromatic carbocycles. The summed E-state index contributed by atoms with van der Waals surface area (Å²) >= 11 is 0. The van der Waals surface area contributed by atoms with Gasteiger partial charge in [0.05, 0.1) is 12.0 Å². The number of amides is 1. The number of nitrogens with one attached hydrogen (secondary N) is 2. The molecule has 0 saturated carbocycles. The molecule has 0 bridgehead atoms. The molecule has 1 rings (SSSR count). The van der Waals surface area contributed by atoms with E-state index < -0.39 is 42.3 Å². The van der Waals surface area contributed by atoms with Gasteiger partial charge in [0.1, 0.15) is 12.3 Å². The maximum absolute atomic E-state index is 12.0. The Morgan fingerprint density at radius 3 is 2.22 bits per heavy atom. The molecule has 7 nitrogen and oxygen atoms in total. The zero-order valence-corrected chi connectivity index (χ0v) is 8.81. The molecule has 0 aliphatic carbocycles. The summed E-state index contributed by atoms with van der Waals surface area (Å²) in [5.41, 5.74) is 0. The number of carbonyl (C=O) groups is 2. The lowest BCUT2D eigenvalue weighted by molar-refractivity contribution is -0.177. The summed E-state index contributed by atoms with van der Waals surface area (Å²) in [5, 5.41) is 31.1. The van der Waals surface area contributed by atoms with Gasteiger partial charge in [-0.3, -0.25) is 14.9 Å². The second-order valence-electron chi connectivity index (χ2n) is 3.78. The molecule has 1 fully saturated rings. The van der Waals surface area contributed by atoms with Crippen LogP contribution in [0.1, 0.15) is 0 Å². The van der Waals surface area contributed by atoms with Crippen molar-refractivity contribution in [3.8, 4) is 0 Å². The van der Waals surface area contributed by atoms with Crippen LogP contribution in [-0.4, -0.2) is 58.3 Å². The SMILES string of the molecule is O=C(O)[C@H]1CN[C@H](NC(=O)C(F)(F)F)[C@@H](O)[C@H]1O. The highest BCUT2D eigenvalue weighted by atomic mass is 19.4. The first-order chi connectivity index (χ1) is 8.14. The molecule has 1 saturated heterocycles. The van der Waals surface area contributed by atoms with E-state index in [9.17, 15) is 33.0 Å². The summed E-state index contributed by atoms with van der Waals surface area (Å²) in [6, 6.07) is 0. The number of aliphatic carboxylic acids is 1. The third-order valence-corrected chi connectivity index (χ3v) is 2.52. The normalized spacial score (nSPS) is 32.9. The van der Waals surface area contributed by atoms with Crippen molar-refractivity contribution < 1.29 is 38.1 Å². The Morgan fingerprint density at radius 1 is 1.22 bits per heavy atom. The molecule has 5 N–H and O–H groups in total. The van der Waals surface area contributed by atoms with E-state index in [-0.39, 0.29) is 6.54 Å². The van der Waals surface area contributed by atoms with Gasteiger partial charge in [0.25, 0.3) is 0 Å². The van der Waals surface area contributed by atoms with E-state index in [0.717, 1.165) is 0 Å². The number of aliphatic hydroxyl groups is 2. The van der Waals surface area contributed by atoms with Gasteiger partial charge < -0.3 is 20.6 Å². The molecule has 0 aromatic rings. The summed E-state index contributed by atoms with van der Waals surface area (Å²) in [5.74, 6) is -5.06. The van der Waals surface area contributed by atoms with Gasteiger partial charge in [-0.05, 0) is 0 Å². The van der Waals surface area contributed by atoms with Crippen molar-refractivity contribution in [1.82, 2.24) is 10.6 Å². The third-order valence-electron chi connectivity index (χ3n) is 2.52. The average molecular weight is 272 g/mol. The molecule has 1 heterocycles.